The molecule has 7 nitrogen and oxygen atoms in total. The van der Waals surface area contributed by atoms with Crippen molar-refractivity contribution in [3.8, 4) is 0 Å². The quantitative estimate of drug-likeness (QED) is 0.420. The van der Waals surface area contributed by atoms with Crippen LogP contribution in [0.1, 0.15) is 93.9 Å². The van der Waals surface area contributed by atoms with Gasteiger partial charge in [-0.15, -0.1) is 0 Å². The van der Waals surface area contributed by atoms with E-state index in [0.29, 0.717) is 19.3 Å². The van der Waals surface area contributed by atoms with Crippen molar-refractivity contribution in [3.63, 3.8) is 0 Å². The second-order valence-corrected chi connectivity index (χ2v) is 13.0. The lowest BCUT2D eigenvalue weighted by Gasteiger charge is -2.68. The van der Waals surface area contributed by atoms with Crippen LogP contribution in [0.3, 0.4) is 0 Å². The van der Waals surface area contributed by atoms with Gasteiger partial charge in [0.1, 0.15) is 24.1 Å². The molecule has 0 N–H and O–H groups in total. The Morgan fingerprint density at radius 2 is 1.37 bits per heavy atom. The smallest absolute Gasteiger partial charge is 0.302 e. The number of fused-ring (bicyclic) bond motifs is 5. The van der Waals surface area contributed by atoms with Gasteiger partial charge in [0.2, 0.25) is 0 Å². The van der Waals surface area contributed by atoms with Crippen molar-refractivity contribution >= 4 is 23.7 Å². The van der Waals surface area contributed by atoms with E-state index in [1.54, 1.807) is 0 Å². The minimum absolute atomic E-state index is 0.0711. The van der Waals surface area contributed by atoms with Crippen LogP contribution in [0, 0.1) is 39.4 Å². The second kappa shape index (κ2) is 8.31. The lowest BCUT2D eigenvalue weighted by atomic mass is 9.37. The number of esters is 3. The van der Waals surface area contributed by atoms with Crippen LogP contribution < -0.4 is 0 Å². The zero-order valence-electron chi connectivity index (χ0n) is 22.6. The number of hydrogen-bond acceptors (Lipinski definition) is 7. The molecule has 4 saturated carbocycles. The fourth-order valence-electron chi connectivity index (χ4n) is 9.25. The highest BCUT2D eigenvalue weighted by atomic mass is 16.6. The molecule has 4 fully saturated rings. The summed E-state index contributed by atoms with van der Waals surface area (Å²) in [5, 5.41) is 0. The molecule has 0 amide bonds. The second-order valence-electron chi connectivity index (χ2n) is 13.0. The Bertz CT molecular complexity index is 940. The molecule has 0 heterocycles. The van der Waals surface area contributed by atoms with Gasteiger partial charge >= 0.3 is 17.9 Å². The topological polar surface area (TPSA) is 96.0 Å². The van der Waals surface area contributed by atoms with Crippen molar-refractivity contribution in [3.05, 3.63) is 0 Å². The van der Waals surface area contributed by atoms with Crippen molar-refractivity contribution < 1.29 is 33.4 Å². The molecule has 9 atom stereocenters. The van der Waals surface area contributed by atoms with Crippen LogP contribution in [0.25, 0.3) is 0 Å². The molecule has 4 rings (SSSR count). The highest BCUT2D eigenvalue weighted by Crippen LogP contribution is 2.73. The monoisotopic (exact) mass is 490 g/mol. The number of ether oxygens (including phenoxy) is 3. The summed E-state index contributed by atoms with van der Waals surface area (Å²) in [5.41, 5.74) is -1.61. The summed E-state index contributed by atoms with van der Waals surface area (Å²) in [6.45, 7) is 15.1. The normalized spacial score (nSPS) is 46.0. The molecule has 0 aromatic heterocycles. The average molecular weight is 491 g/mol. The van der Waals surface area contributed by atoms with Crippen LogP contribution in [0.15, 0.2) is 0 Å². The molecule has 0 spiro atoms. The zero-order valence-corrected chi connectivity index (χ0v) is 22.6. The molecule has 0 aromatic carbocycles. The number of rotatable bonds is 3. The third kappa shape index (κ3) is 3.74. The maximum Gasteiger partial charge on any atom is 0.302 e. The van der Waals surface area contributed by atoms with Crippen LogP contribution in [-0.4, -0.2) is 42.0 Å². The molecule has 0 bridgehead atoms. The van der Waals surface area contributed by atoms with Crippen LogP contribution in [0.2, 0.25) is 0 Å². The highest BCUT2D eigenvalue weighted by molar-refractivity contribution is 5.88. The standard InChI is InChI=1S/C28H42O7/c1-15(29)33-18-13-20-25(4,5)22(35-17(3)31)10-11-26(20,6)23-19(34-16(2)30)14-28(8)21(32)9-12-27(28,7)24(18)23/h18-20,22-24H,9-14H2,1-8H3. The molecule has 7 heteroatoms. The Morgan fingerprint density at radius 3 is 1.94 bits per heavy atom. The zero-order chi connectivity index (χ0) is 26.1. The van der Waals surface area contributed by atoms with E-state index >= 15 is 0 Å². The summed E-state index contributed by atoms with van der Waals surface area (Å²) in [6.07, 6.45) is 2.82. The van der Waals surface area contributed by atoms with Crippen LogP contribution in [0.4, 0.5) is 0 Å². The van der Waals surface area contributed by atoms with Gasteiger partial charge in [-0.05, 0) is 48.9 Å². The third-order valence-electron chi connectivity index (χ3n) is 10.9. The van der Waals surface area contributed by atoms with E-state index in [4.69, 9.17) is 14.2 Å². The van der Waals surface area contributed by atoms with E-state index in [1.165, 1.54) is 20.8 Å². The molecular weight excluding hydrogens is 448 g/mol. The van der Waals surface area contributed by atoms with E-state index in [9.17, 15) is 19.2 Å². The molecule has 196 valence electrons. The number of Topliss-reactive ketones (excluding diaryl/α,β-unsaturated/α-hetero) is 1. The Labute approximate surface area is 209 Å². The van der Waals surface area contributed by atoms with Crippen molar-refractivity contribution in [1.29, 1.82) is 0 Å². The third-order valence-corrected chi connectivity index (χ3v) is 10.9. The molecule has 0 radical (unpaired) electrons. The van der Waals surface area contributed by atoms with E-state index in [1.807, 2.05) is 6.92 Å². The predicted molar refractivity (Wildman–Crippen MR) is 128 cm³/mol. The van der Waals surface area contributed by atoms with Gasteiger partial charge in [0, 0.05) is 49.9 Å². The summed E-state index contributed by atoms with van der Waals surface area (Å²) in [7, 11) is 0. The van der Waals surface area contributed by atoms with Gasteiger partial charge in [0.25, 0.3) is 0 Å². The Hall–Kier alpha value is -1.92. The molecular formula is C28H42O7. The van der Waals surface area contributed by atoms with E-state index in [2.05, 4.69) is 27.7 Å². The summed E-state index contributed by atoms with van der Waals surface area (Å²) in [4.78, 5) is 49.9. The largest absolute Gasteiger partial charge is 0.462 e. The minimum Gasteiger partial charge on any atom is -0.462 e. The summed E-state index contributed by atoms with van der Waals surface area (Å²) >= 11 is 0. The Kier molecular flexibility index (Phi) is 6.21. The van der Waals surface area contributed by atoms with Crippen molar-refractivity contribution in [2.45, 2.75) is 112 Å². The summed E-state index contributed by atoms with van der Waals surface area (Å²) in [6, 6.07) is 0. The van der Waals surface area contributed by atoms with E-state index in [-0.39, 0.29) is 63.8 Å². The number of carbonyl (C=O) groups excluding carboxylic acids is 4. The maximum atomic E-state index is 13.3. The first-order chi connectivity index (χ1) is 16.1. The van der Waals surface area contributed by atoms with Crippen molar-refractivity contribution in [2.75, 3.05) is 0 Å². The molecule has 0 aromatic rings. The van der Waals surface area contributed by atoms with Crippen LogP contribution in [-0.2, 0) is 33.4 Å². The highest BCUT2D eigenvalue weighted by Gasteiger charge is 2.73. The minimum atomic E-state index is -0.639. The first kappa shape index (κ1) is 26.2. The Balaban J connectivity index is 1.88. The first-order valence-electron chi connectivity index (χ1n) is 13.1. The molecule has 0 saturated heterocycles. The van der Waals surface area contributed by atoms with Gasteiger partial charge in [-0.2, -0.15) is 0 Å². The van der Waals surface area contributed by atoms with Gasteiger partial charge in [-0.1, -0.05) is 34.6 Å². The summed E-state index contributed by atoms with van der Waals surface area (Å²) in [5.74, 6) is -0.884. The van der Waals surface area contributed by atoms with Gasteiger partial charge in [0.15, 0.2) is 0 Å². The van der Waals surface area contributed by atoms with E-state index < -0.39 is 17.6 Å². The SMILES string of the molecule is CC(=O)OC1CC2(C)C(=O)CCC2(C)C2C(OC(C)=O)CC3C(C)(C)C(OC(C)=O)CCC3(C)C12. The fraction of sp³-hybridized carbons (Fsp3) is 0.857. The van der Waals surface area contributed by atoms with Gasteiger partial charge in [0.05, 0.1) is 0 Å². The maximum absolute atomic E-state index is 13.3. The predicted octanol–water partition coefficient (Wildman–Crippen LogP) is 4.64. The van der Waals surface area contributed by atoms with Crippen LogP contribution in [0.5, 0.6) is 0 Å². The van der Waals surface area contributed by atoms with Crippen molar-refractivity contribution in [2.24, 2.45) is 39.4 Å². The molecule has 9 unspecified atom stereocenters. The van der Waals surface area contributed by atoms with Crippen molar-refractivity contribution in [1.82, 2.24) is 0 Å². The van der Waals surface area contributed by atoms with Gasteiger partial charge in [-0.3, -0.25) is 19.2 Å². The number of ketones is 1. The lowest BCUT2D eigenvalue weighted by molar-refractivity contribution is -0.264. The number of carbonyl (C=O) groups is 4. The van der Waals surface area contributed by atoms with Crippen LogP contribution >= 0.6 is 0 Å². The Morgan fingerprint density at radius 1 is 0.800 bits per heavy atom. The fourth-order valence-corrected chi connectivity index (χ4v) is 9.25. The summed E-state index contributed by atoms with van der Waals surface area (Å²) < 4.78 is 17.9. The average Bonchev–Trinajstić information content (AvgIpc) is 2.94. The molecule has 4 aliphatic rings. The van der Waals surface area contributed by atoms with E-state index in [0.717, 1.165) is 19.3 Å². The number of hydrogen-bond donors (Lipinski definition) is 0. The van der Waals surface area contributed by atoms with Gasteiger partial charge in [-0.25, -0.2) is 0 Å². The van der Waals surface area contributed by atoms with Gasteiger partial charge < -0.3 is 14.2 Å². The first-order valence-corrected chi connectivity index (χ1v) is 13.1. The lowest BCUT2D eigenvalue weighted by Crippen LogP contribution is -2.69. The molecule has 0 aliphatic heterocycles. The molecule has 35 heavy (non-hydrogen) atoms. The molecule has 4 aliphatic carbocycles.